The monoisotopic (exact) mass is 273 g/mol. The fourth-order valence-electron chi connectivity index (χ4n) is 2.13. The van der Waals surface area contributed by atoms with Gasteiger partial charge in [-0.25, -0.2) is 0 Å². The second-order valence-corrected chi connectivity index (χ2v) is 4.50. The molecule has 0 spiro atoms. The van der Waals surface area contributed by atoms with Crippen LogP contribution in [0.4, 0.5) is 0 Å². The highest BCUT2D eigenvalue weighted by molar-refractivity contribution is 5.85. The van der Waals surface area contributed by atoms with Gasteiger partial charge in [-0.05, 0) is 25.4 Å². The molecule has 0 saturated carbocycles. The van der Waals surface area contributed by atoms with E-state index in [1.165, 1.54) is 0 Å². The molecule has 104 valence electrons. The van der Waals surface area contributed by atoms with Crippen molar-refractivity contribution in [3.8, 4) is 0 Å². The molecule has 1 heterocycles. The van der Waals surface area contributed by atoms with Crippen molar-refractivity contribution in [3.63, 3.8) is 0 Å². The Balaban J connectivity index is 0.00000289. The Morgan fingerprint density at radius 2 is 2.00 bits per heavy atom. The van der Waals surface area contributed by atoms with Crippen LogP contribution in [0, 0.1) is 5.92 Å². The van der Waals surface area contributed by atoms with Crippen LogP contribution in [0.3, 0.4) is 0 Å². The molecule has 2 N–H and O–H groups in total. The van der Waals surface area contributed by atoms with E-state index in [2.05, 4.69) is 18.1 Å². The molecule has 1 aliphatic rings. The Kier molecular flexibility index (Phi) is 8.71. The van der Waals surface area contributed by atoms with E-state index in [-0.39, 0.29) is 18.3 Å². The molecule has 0 aliphatic carbocycles. The highest BCUT2D eigenvalue weighted by Crippen LogP contribution is 2.14. The van der Waals surface area contributed by atoms with Gasteiger partial charge in [0, 0.05) is 19.6 Å². The Morgan fingerprint density at radius 3 is 2.44 bits per heavy atom. The largest absolute Gasteiger partial charge is 0.334 e. The molecule has 1 unspecified atom stereocenters. The van der Waals surface area contributed by atoms with Gasteiger partial charge in [0.1, 0.15) is 0 Å². The van der Waals surface area contributed by atoms with E-state index < -0.39 is 0 Å². The highest BCUT2D eigenvalue weighted by atomic mass is 35.5. The van der Waals surface area contributed by atoms with Crippen LogP contribution in [0.1, 0.15) is 6.42 Å². The van der Waals surface area contributed by atoms with Crippen molar-refractivity contribution in [2.24, 2.45) is 11.7 Å². The number of likely N-dealkylation sites (tertiary alicyclic amines) is 1. The Hall–Kier alpha value is -0.840. The molecular formula is C13H24ClN3O. The van der Waals surface area contributed by atoms with Crippen LogP contribution in [0.25, 0.3) is 0 Å². The maximum atomic E-state index is 12.0. The molecule has 1 fully saturated rings. The van der Waals surface area contributed by atoms with E-state index in [1.54, 1.807) is 17.1 Å². The molecular weight excluding hydrogens is 250 g/mol. The fraction of sp³-hybridized carbons (Fsp3) is 0.615. The number of hydrogen-bond acceptors (Lipinski definition) is 3. The number of rotatable bonds is 7. The van der Waals surface area contributed by atoms with Gasteiger partial charge in [-0.1, -0.05) is 12.2 Å². The summed E-state index contributed by atoms with van der Waals surface area (Å²) in [6.45, 7) is 11.6. The second-order valence-electron chi connectivity index (χ2n) is 4.50. The van der Waals surface area contributed by atoms with E-state index in [9.17, 15) is 4.79 Å². The minimum absolute atomic E-state index is 0. The van der Waals surface area contributed by atoms with Crippen LogP contribution in [0.2, 0.25) is 0 Å². The third-order valence-corrected chi connectivity index (χ3v) is 3.11. The highest BCUT2D eigenvalue weighted by Gasteiger charge is 2.24. The molecule has 0 aromatic carbocycles. The molecule has 1 atom stereocenters. The molecule has 1 amide bonds. The first-order valence-corrected chi connectivity index (χ1v) is 6.13. The molecule has 5 heteroatoms. The zero-order chi connectivity index (χ0) is 12.7. The summed E-state index contributed by atoms with van der Waals surface area (Å²) in [5, 5.41) is 0. The van der Waals surface area contributed by atoms with Gasteiger partial charge >= 0.3 is 0 Å². The van der Waals surface area contributed by atoms with Crippen molar-refractivity contribution in [1.82, 2.24) is 9.80 Å². The maximum Gasteiger partial charge on any atom is 0.237 e. The topological polar surface area (TPSA) is 49.6 Å². The summed E-state index contributed by atoms with van der Waals surface area (Å²) < 4.78 is 0. The lowest BCUT2D eigenvalue weighted by atomic mass is 10.1. The van der Waals surface area contributed by atoms with Crippen LogP contribution in [-0.4, -0.2) is 55.0 Å². The van der Waals surface area contributed by atoms with Gasteiger partial charge in [-0.2, -0.15) is 0 Å². The van der Waals surface area contributed by atoms with Crippen LogP contribution in [0.5, 0.6) is 0 Å². The van der Waals surface area contributed by atoms with E-state index in [1.807, 2.05) is 0 Å². The minimum Gasteiger partial charge on any atom is -0.334 e. The average molecular weight is 274 g/mol. The van der Waals surface area contributed by atoms with Gasteiger partial charge in [-0.3, -0.25) is 9.69 Å². The third kappa shape index (κ3) is 5.21. The molecule has 18 heavy (non-hydrogen) atoms. The second kappa shape index (κ2) is 9.14. The fourth-order valence-corrected chi connectivity index (χ4v) is 2.13. The standard InChI is InChI=1S/C13H23N3O.ClH/c1-3-6-16(7-4-2)13(17)11-15-8-5-12(9-14)10-15;/h3-4,12H,1-2,5-11,14H2;1H. The van der Waals surface area contributed by atoms with Gasteiger partial charge in [-0.15, -0.1) is 25.6 Å². The Bertz CT molecular complexity index is 273. The molecule has 0 bridgehead atoms. The number of carbonyl (C=O) groups excluding carboxylic acids is 1. The van der Waals surface area contributed by atoms with E-state index in [0.717, 1.165) is 19.5 Å². The number of halogens is 1. The van der Waals surface area contributed by atoms with E-state index in [4.69, 9.17) is 5.73 Å². The number of nitrogens with zero attached hydrogens (tertiary/aromatic N) is 2. The first-order chi connectivity index (χ1) is 8.21. The number of carbonyl (C=O) groups is 1. The smallest absolute Gasteiger partial charge is 0.237 e. The van der Waals surface area contributed by atoms with Gasteiger partial charge in [0.05, 0.1) is 6.54 Å². The molecule has 1 saturated heterocycles. The van der Waals surface area contributed by atoms with Crippen LogP contribution >= 0.6 is 12.4 Å². The van der Waals surface area contributed by atoms with Crippen LogP contribution in [-0.2, 0) is 4.79 Å². The SMILES string of the molecule is C=CCN(CC=C)C(=O)CN1CCC(CN)C1.Cl. The Labute approximate surface area is 116 Å². The summed E-state index contributed by atoms with van der Waals surface area (Å²) in [4.78, 5) is 16.0. The van der Waals surface area contributed by atoms with Gasteiger partial charge in [0.15, 0.2) is 0 Å². The number of nitrogens with two attached hydrogens (primary N) is 1. The van der Waals surface area contributed by atoms with Crippen molar-refractivity contribution in [3.05, 3.63) is 25.3 Å². The lowest BCUT2D eigenvalue weighted by molar-refractivity contribution is -0.131. The summed E-state index contributed by atoms with van der Waals surface area (Å²) in [5.74, 6) is 0.692. The first kappa shape index (κ1) is 17.2. The van der Waals surface area contributed by atoms with Gasteiger partial charge in [0.25, 0.3) is 0 Å². The minimum atomic E-state index is 0. The first-order valence-electron chi connectivity index (χ1n) is 6.13. The number of hydrogen-bond donors (Lipinski definition) is 1. The molecule has 0 aromatic rings. The van der Waals surface area contributed by atoms with E-state index >= 15 is 0 Å². The summed E-state index contributed by atoms with van der Waals surface area (Å²) in [6.07, 6.45) is 4.59. The average Bonchev–Trinajstić information content (AvgIpc) is 2.76. The number of amides is 1. The summed E-state index contributed by atoms with van der Waals surface area (Å²) in [6, 6.07) is 0. The summed E-state index contributed by atoms with van der Waals surface area (Å²) >= 11 is 0. The molecule has 4 nitrogen and oxygen atoms in total. The Morgan fingerprint density at radius 1 is 1.39 bits per heavy atom. The molecule has 1 aliphatic heterocycles. The maximum absolute atomic E-state index is 12.0. The zero-order valence-electron chi connectivity index (χ0n) is 10.9. The zero-order valence-corrected chi connectivity index (χ0v) is 11.7. The van der Waals surface area contributed by atoms with Gasteiger partial charge in [0.2, 0.25) is 5.91 Å². The van der Waals surface area contributed by atoms with Crippen molar-refractivity contribution < 1.29 is 4.79 Å². The lowest BCUT2D eigenvalue weighted by Crippen LogP contribution is -2.40. The van der Waals surface area contributed by atoms with Crippen molar-refractivity contribution in [2.75, 3.05) is 39.3 Å². The van der Waals surface area contributed by atoms with E-state index in [0.29, 0.717) is 32.1 Å². The van der Waals surface area contributed by atoms with Crippen LogP contribution < -0.4 is 5.73 Å². The summed E-state index contributed by atoms with van der Waals surface area (Å²) in [7, 11) is 0. The summed E-state index contributed by atoms with van der Waals surface area (Å²) in [5.41, 5.74) is 5.63. The lowest BCUT2D eigenvalue weighted by Gasteiger charge is -2.23. The van der Waals surface area contributed by atoms with Crippen LogP contribution in [0.15, 0.2) is 25.3 Å². The molecule has 0 radical (unpaired) electrons. The predicted molar refractivity (Wildman–Crippen MR) is 77.8 cm³/mol. The molecule has 0 aromatic heterocycles. The van der Waals surface area contributed by atoms with Gasteiger partial charge < -0.3 is 10.6 Å². The van der Waals surface area contributed by atoms with Crippen molar-refractivity contribution in [1.29, 1.82) is 0 Å². The quantitative estimate of drug-likeness (QED) is 0.701. The van der Waals surface area contributed by atoms with Crippen molar-refractivity contribution in [2.45, 2.75) is 6.42 Å². The predicted octanol–water partition coefficient (Wildman–Crippen LogP) is 0.889. The molecule has 1 rings (SSSR count). The third-order valence-electron chi connectivity index (χ3n) is 3.11. The van der Waals surface area contributed by atoms with Crippen molar-refractivity contribution >= 4 is 18.3 Å². The normalized spacial score (nSPS) is 19.1.